The van der Waals surface area contributed by atoms with E-state index in [0.717, 1.165) is 11.1 Å². The standard InChI is InChI=1S/C14H16N4O2/c1-8(2)13-12-10(6-15)7-18(5-4-11(19)20)14(12)17-9(3)16-13/h7-8H,4-5H2,1-3H3,(H,19,20). The molecule has 2 heterocycles. The maximum absolute atomic E-state index is 10.7. The first-order valence-electron chi connectivity index (χ1n) is 6.43. The molecular weight excluding hydrogens is 256 g/mol. The van der Waals surface area contributed by atoms with Crippen LogP contribution in [0.25, 0.3) is 11.0 Å². The number of aromatic nitrogens is 3. The van der Waals surface area contributed by atoms with Gasteiger partial charge < -0.3 is 9.67 Å². The molecule has 0 amide bonds. The van der Waals surface area contributed by atoms with E-state index >= 15 is 0 Å². The summed E-state index contributed by atoms with van der Waals surface area (Å²) in [5.41, 5.74) is 1.96. The molecule has 0 aromatic carbocycles. The average Bonchev–Trinajstić information content (AvgIpc) is 2.73. The van der Waals surface area contributed by atoms with Crippen molar-refractivity contribution < 1.29 is 9.90 Å². The van der Waals surface area contributed by atoms with Crippen molar-refractivity contribution in [1.29, 1.82) is 5.26 Å². The Kier molecular flexibility index (Phi) is 3.70. The topological polar surface area (TPSA) is 91.8 Å². The molecule has 0 radical (unpaired) electrons. The summed E-state index contributed by atoms with van der Waals surface area (Å²) in [5, 5.41) is 18.8. The summed E-state index contributed by atoms with van der Waals surface area (Å²) >= 11 is 0. The van der Waals surface area contributed by atoms with Gasteiger partial charge in [-0.25, -0.2) is 9.97 Å². The third-order valence-corrected chi connectivity index (χ3v) is 3.09. The van der Waals surface area contributed by atoms with Gasteiger partial charge in [0.05, 0.1) is 23.1 Å². The van der Waals surface area contributed by atoms with Crippen LogP contribution in [-0.4, -0.2) is 25.6 Å². The Morgan fingerprint density at radius 3 is 2.75 bits per heavy atom. The van der Waals surface area contributed by atoms with E-state index in [1.807, 2.05) is 13.8 Å². The maximum Gasteiger partial charge on any atom is 0.305 e. The SMILES string of the molecule is Cc1nc(C(C)C)c2c(C#N)cn(CCC(=O)O)c2n1. The van der Waals surface area contributed by atoms with Gasteiger partial charge in [0.25, 0.3) is 0 Å². The fourth-order valence-electron chi connectivity index (χ4n) is 2.22. The number of carbonyl (C=O) groups is 1. The van der Waals surface area contributed by atoms with Crippen molar-refractivity contribution in [3.05, 3.63) is 23.3 Å². The highest BCUT2D eigenvalue weighted by molar-refractivity contribution is 5.86. The number of nitriles is 1. The van der Waals surface area contributed by atoms with Crippen molar-refractivity contribution in [1.82, 2.24) is 14.5 Å². The predicted molar refractivity (Wildman–Crippen MR) is 73.3 cm³/mol. The number of aryl methyl sites for hydroxylation is 2. The van der Waals surface area contributed by atoms with Gasteiger partial charge in [-0.2, -0.15) is 5.26 Å². The van der Waals surface area contributed by atoms with Gasteiger partial charge >= 0.3 is 5.97 Å². The minimum atomic E-state index is -0.875. The second-order valence-electron chi connectivity index (χ2n) is 5.00. The van der Waals surface area contributed by atoms with Crippen LogP contribution >= 0.6 is 0 Å². The molecule has 0 atom stereocenters. The van der Waals surface area contributed by atoms with Crippen LogP contribution in [0.5, 0.6) is 0 Å². The molecule has 2 aromatic rings. The summed E-state index contributed by atoms with van der Waals surface area (Å²) in [6.45, 7) is 6.11. The Morgan fingerprint density at radius 2 is 2.20 bits per heavy atom. The van der Waals surface area contributed by atoms with Crippen LogP contribution in [0.2, 0.25) is 0 Å². The number of fused-ring (bicyclic) bond motifs is 1. The summed E-state index contributed by atoms with van der Waals surface area (Å²) in [6.07, 6.45) is 1.66. The maximum atomic E-state index is 10.7. The molecule has 2 rings (SSSR count). The van der Waals surface area contributed by atoms with Crippen molar-refractivity contribution in [3.63, 3.8) is 0 Å². The lowest BCUT2D eigenvalue weighted by Crippen LogP contribution is -2.06. The molecule has 20 heavy (non-hydrogen) atoms. The molecule has 0 aliphatic rings. The van der Waals surface area contributed by atoms with E-state index in [0.29, 0.717) is 23.6 Å². The Bertz CT molecular complexity index is 710. The first-order valence-corrected chi connectivity index (χ1v) is 6.43. The van der Waals surface area contributed by atoms with Crippen molar-refractivity contribution in [2.75, 3.05) is 0 Å². The normalized spacial score (nSPS) is 10.9. The van der Waals surface area contributed by atoms with E-state index in [-0.39, 0.29) is 12.3 Å². The largest absolute Gasteiger partial charge is 0.481 e. The smallest absolute Gasteiger partial charge is 0.305 e. The summed E-state index contributed by atoms with van der Waals surface area (Å²) in [4.78, 5) is 19.5. The molecule has 0 unspecified atom stereocenters. The van der Waals surface area contributed by atoms with E-state index in [4.69, 9.17) is 5.11 Å². The highest BCUT2D eigenvalue weighted by Crippen LogP contribution is 2.27. The Hall–Kier alpha value is -2.42. The van der Waals surface area contributed by atoms with Gasteiger partial charge in [-0.15, -0.1) is 0 Å². The van der Waals surface area contributed by atoms with Crippen molar-refractivity contribution >= 4 is 17.0 Å². The lowest BCUT2D eigenvalue weighted by atomic mass is 10.0. The number of rotatable bonds is 4. The van der Waals surface area contributed by atoms with Crippen molar-refractivity contribution in [3.8, 4) is 6.07 Å². The van der Waals surface area contributed by atoms with Crippen LogP contribution in [0.3, 0.4) is 0 Å². The van der Waals surface area contributed by atoms with Gasteiger partial charge in [0.2, 0.25) is 0 Å². The van der Waals surface area contributed by atoms with Gasteiger partial charge in [-0.1, -0.05) is 13.8 Å². The number of aliphatic carboxylic acids is 1. The van der Waals surface area contributed by atoms with E-state index < -0.39 is 5.97 Å². The molecule has 6 heteroatoms. The van der Waals surface area contributed by atoms with Crippen LogP contribution in [0, 0.1) is 18.3 Å². The van der Waals surface area contributed by atoms with E-state index in [2.05, 4.69) is 16.0 Å². The number of nitrogens with zero attached hydrogens (tertiary/aromatic N) is 4. The molecule has 2 aromatic heterocycles. The highest BCUT2D eigenvalue weighted by Gasteiger charge is 2.18. The second kappa shape index (κ2) is 5.29. The van der Waals surface area contributed by atoms with Gasteiger partial charge in [-0.05, 0) is 12.8 Å². The van der Waals surface area contributed by atoms with Crippen LogP contribution in [0.4, 0.5) is 0 Å². The zero-order valence-corrected chi connectivity index (χ0v) is 11.7. The van der Waals surface area contributed by atoms with Crippen molar-refractivity contribution in [2.45, 2.75) is 39.7 Å². The summed E-state index contributed by atoms with van der Waals surface area (Å²) < 4.78 is 1.72. The number of carboxylic acids is 1. The van der Waals surface area contributed by atoms with Crippen molar-refractivity contribution in [2.24, 2.45) is 0 Å². The molecule has 0 bridgehead atoms. The fraction of sp³-hybridized carbons (Fsp3) is 0.429. The zero-order valence-electron chi connectivity index (χ0n) is 11.7. The average molecular weight is 272 g/mol. The predicted octanol–water partition coefficient (Wildman–Crippen LogP) is 2.21. The van der Waals surface area contributed by atoms with E-state index in [9.17, 15) is 10.1 Å². The van der Waals surface area contributed by atoms with Gasteiger partial charge in [-0.3, -0.25) is 4.79 Å². The van der Waals surface area contributed by atoms with Gasteiger partial charge in [0, 0.05) is 12.7 Å². The monoisotopic (exact) mass is 272 g/mol. The quantitative estimate of drug-likeness (QED) is 0.921. The third-order valence-electron chi connectivity index (χ3n) is 3.09. The fourth-order valence-corrected chi connectivity index (χ4v) is 2.22. The molecule has 0 fully saturated rings. The number of carboxylic acid groups (broad SMARTS) is 1. The summed E-state index contributed by atoms with van der Waals surface area (Å²) in [6, 6.07) is 2.14. The van der Waals surface area contributed by atoms with Crippen LogP contribution in [0.1, 0.15) is 43.3 Å². The number of hydrogen-bond donors (Lipinski definition) is 1. The molecule has 0 spiro atoms. The Morgan fingerprint density at radius 1 is 1.50 bits per heavy atom. The first-order chi connectivity index (χ1) is 9.43. The minimum Gasteiger partial charge on any atom is -0.481 e. The molecule has 0 saturated heterocycles. The van der Waals surface area contributed by atoms with E-state index in [1.165, 1.54) is 0 Å². The molecule has 104 valence electrons. The second-order valence-corrected chi connectivity index (χ2v) is 5.00. The van der Waals surface area contributed by atoms with E-state index in [1.54, 1.807) is 17.7 Å². The molecule has 1 N–H and O–H groups in total. The molecular formula is C14H16N4O2. The minimum absolute atomic E-state index is 0.00525. The Balaban J connectivity index is 2.67. The lowest BCUT2D eigenvalue weighted by Gasteiger charge is -2.09. The van der Waals surface area contributed by atoms with Crippen LogP contribution in [-0.2, 0) is 11.3 Å². The van der Waals surface area contributed by atoms with Crippen LogP contribution < -0.4 is 0 Å². The summed E-state index contributed by atoms with van der Waals surface area (Å²) in [7, 11) is 0. The Labute approximate surface area is 116 Å². The highest BCUT2D eigenvalue weighted by atomic mass is 16.4. The van der Waals surface area contributed by atoms with Crippen LogP contribution in [0.15, 0.2) is 6.20 Å². The van der Waals surface area contributed by atoms with Gasteiger partial charge in [0.15, 0.2) is 0 Å². The first kappa shape index (κ1) is 14.0. The number of hydrogen-bond acceptors (Lipinski definition) is 4. The lowest BCUT2D eigenvalue weighted by molar-refractivity contribution is -0.137. The van der Waals surface area contributed by atoms with Gasteiger partial charge in [0.1, 0.15) is 17.5 Å². The zero-order chi connectivity index (χ0) is 14.9. The molecule has 0 aliphatic heterocycles. The molecule has 6 nitrogen and oxygen atoms in total. The third kappa shape index (κ3) is 2.48. The summed E-state index contributed by atoms with van der Waals surface area (Å²) in [5.74, 6) is -0.0813. The molecule has 0 saturated carbocycles. The molecule has 0 aliphatic carbocycles.